The molecule has 2 fully saturated rings. The molecule has 3 aromatic heterocycles. The lowest BCUT2D eigenvalue weighted by Crippen LogP contribution is -2.46. The predicted molar refractivity (Wildman–Crippen MR) is 122 cm³/mol. The number of aromatic nitrogens is 3. The summed E-state index contributed by atoms with van der Waals surface area (Å²) in [6.07, 6.45) is 5.80. The highest BCUT2D eigenvalue weighted by atomic mass is 79.9. The summed E-state index contributed by atoms with van der Waals surface area (Å²) in [4.78, 5) is 40.3. The van der Waals surface area contributed by atoms with Crippen molar-refractivity contribution in [3.63, 3.8) is 0 Å². The second-order valence-electron chi connectivity index (χ2n) is 8.14. The minimum Gasteiger partial charge on any atom is -0.368 e. The Kier molecular flexibility index (Phi) is 5.45. The van der Waals surface area contributed by atoms with Gasteiger partial charge in [0.15, 0.2) is 0 Å². The molecule has 1 aliphatic heterocycles. The van der Waals surface area contributed by atoms with Gasteiger partial charge in [0, 0.05) is 45.0 Å². The molecule has 2 aliphatic rings. The van der Waals surface area contributed by atoms with Crippen LogP contribution < -0.4 is 15.8 Å². The summed E-state index contributed by atoms with van der Waals surface area (Å²) >= 11 is 3.24. The van der Waals surface area contributed by atoms with Crippen molar-refractivity contribution in [3.05, 3.63) is 62.7 Å². The molecule has 1 amide bonds. The van der Waals surface area contributed by atoms with Gasteiger partial charge in [-0.2, -0.15) is 0 Å². The largest absolute Gasteiger partial charge is 0.368 e. The number of fused-ring (bicyclic) bond motifs is 1. The summed E-state index contributed by atoms with van der Waals surface area (Å²) in [5.74, 6) is -0.0865. The fourth-order valence-electron chi connectivity index (χ4n) is 3.80. The molecule has 5 rings (SSSR count). The average molecular weight is 483 g/mol. The van der Waals surface area contributed by atoms with Crippen LogP contribution >= 0.6 is 15.9 Å². The molecule has 160 valence electrons. The summed E-state index contributed by atoms with van der Waals surface area (Å²) in [6, 6.07) is 7.86. The van der Waals surface area contributed by atoms with Crippen molar-refractivity contribution in [2.45, 2.75) is 25.4 Å². The number of carbonyl (C=O) groups is 1. The van der Waals surface area contributed by atoms with Gasteiger partial charge in [0.1, 0.15) is 5.69 Å². The molecule has 1 saturated carbocycles. The molecule has 0 radical (unpaired) electrons. The van der Waals surface area contributed by atoms with Crippen molar-refractivity contribution in [2.24, 2.45) is 0 Å². The van der Waals surface area contributed by atoms with Crippen molar-refractivity contribution < 1.29 is 4.79 Å². The van der Waals surface area contributed by atoms with E-state index in [1.165, 1.54) is 0 Å². The molecule has 8 nitrogen and oxygen atoms in total. The van der Waals surface area contributed by atoms with Crippen molar-refractivity contribution in [2.75, 3.05) is 31.1 Å². The molecule has 31 heavy (non-hydrogen) atoms. The topological polar surface area (TPSA) is 94.2 Å². The summed E-state index contributed by atoms with van der Waals surface area (Å²) < 4.78 is 0.488. The van der Waals surface area contributed by atoms with Gasteiger partial charge in [-0.25, -0.2) is 4.98 Å². The first-order valence-electron chi connectivity index (χ1n) is 10.5. The minimum atomic E-state index is -0.148. The molecule has 3 aromatic rings. The second-order valence-corrected chi connectivity index (χ2v) is 8.99. The molecule has 1 aliphatic carbocycles. The van der Waals surface area contributed by atoms with Gasteiger partial charge in [0.25, 0.3) is 11.5 Å². The van der Waals surface area contributed by atoms with Gasteiger partial charge < -0.3 is 15.2 Å². The quantitative estimate of drug-likeness (QED) is 0.579. The van der Waals surface area contributed by atoms with Gasteiger partial charge in [-0.1, -0.05) is 0 Å². The Morgan fingerprint density at radius 1 is 1.13 bits per heavy atom. The van der Waals surface area contributed by atoms with E-state index in [-0.39, 0.29) is 11.5 Å². The number of halogens is 1. The van der Waals surface area contributed by atoms with Crippen LogP contribution in [0, 0.1) is 0 Å². The molecule has 0 atom stereocenters. The maximum atomic E-state index is 12.1. The van der Waals surface area contributed by atoms with Gasteiger partial charge in [0.2, 0.25) is 0 Å². The highest BCUT2D eigenvalue weighted by molar-refractivity contribution is 9.10. The van der Waals surface area contributed by atoms with E-state index in [1.807, 2.05) is 18.3 Å². The second kappa shape index (κ2) is 8.39. The van der Waals surface area contributed by atoms with Crippen LogP contribution in [0.25, 0.3) is 11.0 Å². The van der Waals surface area contributed by atoms with Crippen LogP contribution in [-0.4, -0.2) is 58.0 Å². The summed E-state index contributed by atoms with van der Waals surface area (Å²) in [6.45, 7) is 4.39. The van der Waals surface area contributed by atoms with Crippen LogP contribution in [0.2, 0.25) is 0 Å². The van der Waals surface area contributed by atoms with Crippen LogP contribution in [0.5, 0.6) is 0 Å². The number of piperazine rings is 1. The van der Waals surface area contributed by atoms with E-state index in [9.17, 15) is 9.59 Å². The average Bonchev–Trinajstić information content (AvgIpc) is 3.59. The van der Waals surface area contributed by atoms with Crippen LogP contribution in [0.1, 0.15) is 28.9 Å². The third-order valence-electron chi connectivity index (χ3n) is 5.74. The van der Waals surface area contributed by atoms with Crippen molar-refractivity contribution in [1.82, 2.24) is 25.2 Å². The third-order valence-corrected chi connectivity index (χ3v) is 6.33. The van der Waals surface area contributed by atoms with Crippen molar-refractivity contribution in [3.8, 4) is 0 Å². The van der Waals surface area contributed by atoms with E-state index in [0.29, 0.717) is 16.2 Å². The number of hydrogen-bond donors (Lipinski definition) is 2. The molecule has 0 aromatic carbocycles. The molecule has 0 spiro atoms. The number of amides is 1. The normalized spacial score (nSPS) is 17.1. The van der Waals surface area contributed by atoms with Crippen LogP contribution in [-0.2, 0) is 6.54 Å². The molecular weight excluding hydrogens is 460 g/mol. The fourth-order valence-corrected chi connectivity index (χ4v) is 4.12. The highest BCUT2D eigenvalue weighted by Gasteiger charge is 2.24. The monoisotopic (exact) mass is 482 g/mol. The Labute approximate surface area is 187 Å². The van der Waals surface area contributed by atoms with Crippen LogP contribution in [0.15, 0.2) is 45.9 Å². The van der Waals surface area contributed by atoms with Gasteiger partial charge in [0.05, 0.1) is 27.4 Å². The van der Waals surface area contributed by atoms with Crippen molar-refractivity contribution >= 4 is 38.6 Å². The van der Waals surface area contributed by atoms with Crippen LogP contribution in [0.4, 0.5) is 5.69 Å². The SMILES string of the molecule is O=C(NC1CC1)c1ccc(N2CCN(Cc3cnc4cc(Br)c(=O)[nH]c4c3)CC2)cn1. The molecule has 0 unspecified atom stereocenters. The molecule has 1 saturated heterocycles. The maximum absolute atomic E-state index is 12.1. The Balaban J connectivity index is 1.18. The number of anilines is 1. The number of H-pyrrole nitrogens is 1. The van der Waals surface area contributed by atoms with Gasteiger partial charge in [-0.15, -0.1) is 0 Å². The summed E-state index contributed by atoms with van der Waals surface area (Å²) in [5, 5.41) is 2.97. The first-order chi connectivity index (χ1) is 15.0. The Bertz CT molecular complexity index is 1170. The molecule has 2 N–H and O–H groups in total. The fraction of sp³-hybridized carbons (Fsp3) is 0.364. The van der Waals surface area contributed by atoms with Gasteiger partial charge in [-0.05, 0) is 58.6 Å². The van der Waals surface area contributed by atoms with Gasteiger partial charge in [-0.3, -0.25) is 19.5 Å². The lowest BCUT2D eigenvalue weighted by Gasteiger charge is -2.36. The minimum absolute atomic E-state index is 0.0865. The zero-order valence-corrected chi connectivity index (χ0v) is 18.6. The third kappa shape index (κ3) is 4.62. The maximum Gasteiger partial charge on any atom is 0.270 e. The first-order valence-corrected chi connectivity index (χ1v) is 11.3. The molecule has 4 heterocycles. The Morgan fingerprint density at radius 2 is 1.94 bits per heavy atom. The zero-order chi connectivity index (χ0) is 21.4. The number of nitrogens with one attached hydrogen (secondary N) is 2. The van der Waals surface area contributed by atoms with Gasteiger partial charge >= 0.3 is 0 Å². The smallest absolute Gasteiger partial charge is 0.270 e. The van der Waals surface area contributed by atoms with E-state index in [1.54, 1.807) is 18.3 Å². The number of rotatable bonds is 5. The lowest BCUT2D eigenvalue weighted by molar-refractivity contribution is 0.0946. The number of carbonyl (C=O) groups excluding carboxylic acids is 1. The molecule has 0 bridgehead atoms. The molecule has 9 heteroatoms. The Hall–Kier alpha value is -2.78. The predicted octanol–water partition coefficient (Wildman–Crippen LogP) is 2.29. The number of aromatic amines is 1. The highest BCUT2D eigenvalue weighted by Crippen LogP contribution is 2.21. The number of pyridine rings is 3. The Morgan fingerprint density at radius 3 is 2.65 bits per heavy atom. The zero-order valence-electron chi connectivity index (χ0n) is 17.0. The summed E-state index contributed by atoms with van der Waals surface area (Å²) in [7, 11) is 0. The first kappa shape index (κ1) is 20.1. The van der Waals surface area contributed by atoms with Crippen molar-refractivity contribution in [1.29, 1.82) is 0 Å². The van der Waals surface area contributed by atoms with E-state index in [4.69, 9.17) is 0 Å². The van der Waals surface area contributed by atoms with Crippen LogP contribution in [0.3, 0.4) is 0 Å². The van der Waals surface area contributed by atoms with E-state index in [2.05, 4.69) is 46.0 Å². The number of hydrogen-bond acceptors (Lipinski definition) is 6. The summed E-state index contributed by atoms with van der Waals surface area (Å²) in [5.41, 5.74) is 3.96. The van der Waals surface area contributed by atoms with E-state index < -0.39 is 0 Å². The standard InChI is InChI=1S/C22H23BrN6O2/c23-17-10-19-20(27-21(17)30)9-14(11-24-19)13-28-5-7-29(8-6-28)16-3-4-18(25-12-16)22(31)26-15-1-2-15/h3-4,9-12,15H,1-2,5-8,13H2,(H,26,31)(H,27,30). The molecular formula is C22H23BrN6O2. The lowest BCUT2D eigenvalue weighted by atomic mass is 10.2. The van der Waals surface area contributed by atoms with E-state index in [0.717, 1.165) is 67.8 Å². The van der Waals surface area contributed by atoms with E-state index >= 15 is 0 Å². The number of nitrogens with zero attached hydrogens (tertiary/aromatic N) is 4.